The Balaban J connectivity index is 0.782. The Kier molecular flexibility index (Phi) is 8.84. The van der Waals surface area contributed by atoms with Crippen molar-refractivity contribution < 1.29 is 0 Å². The summed E-state index contributed by atoms with van der Waals surface area (Å²) in [6, 6.07) is 80.4. The van der Waals surface area contributed by atoms with E-state index in [4.69, 9.17) is 9.97 Å². The Labute approximate surface area is 414 Å². The van der Waals surface area contributed by atoms with E-state index in [9.17, 15) is 0 Å². The summed E-state index contributed by atoms with van der Waals surface area (Å²) in [7, 11) is 2.04. The van der Waals surface area contributed by atoms with Crippen molar-refractivity contribution in [3.63, 3.8) is 0 Å². The van der Waals surface area contributed by atoms with Gasteiger partial charge in [-0.15, -0.1) is 0 Å². The third-order valence-electron chi connectivity index (χ3n) is 15.2. The zero-order chi connectivity index (χ0) is 47.4. The lowest BCUT2D eigenvalue weighted by molar-refractivity contribution is 0.948. The molecule has 0 aliphatic carbocycles. The van der Waals surface area contributed by atoms with Crippen LogP contribution >= 0.6 is 0 Å². The van der Waals surface area contributed by atoms with Gasteiger partial charge in [0.25, 0.3) is 0 Å². The van der Waals surface area contributed by atoms with E-state index in [-0.39, 0.29) is 0 Å². The molecule has 0 spiro atoms. The van der Waals surface area contributed by atoms with Crippen LogP contribution in [0.3, 0.4) is 0 Å². The minimum absolute atomic E-state index is 0.902. The van der Waals surface area contributed by atoms with Gasteiger partial charge in [-0.25, -0.2) is 4.98 Å². The summed E-state index contributed by atoms with van der Waals surface area (Å²) < 4.78 is 2.07. The second-order valence-electron chi connectivity index (χ2n) is 19.4. The lowest BCUT2D eigenvalue weighted by Crippen LogP contribution is -1.90. The predicted octanol–water partition coefficient (Wildman–Crippen LogP) is 17.9. The first-order valence-corrected chi connectivity index (χ1v) is 24.6. The molecular weight excluding hydrogens is 873 g/mol. The van der Waals surface area contributed by atoms with Gasteiger partial charge >= 0.3 is 0 Å². The number of nitrogens with zero attached hydrogens (tertiary/aromatic N) is 4. The van der Waals surface area contributed by atoms with Crippen LogP contribution in [-0.4, -0.2) is 19.5 Å². The molecule has 12 aromatic carbocycles. The molecule has 3 aromatic heterocycles. The fraction of sp³-hybridized carbons (Fsp3) is 0.0147. The van der Waals surface area contributed by atoms with Gasteiger partial charge < -0.3 is 4.57 Å². The molecule has 15 aromatic rings. The van der Waals surface area contributed by atoms with E-state index in [0.717, 1.165) is 55.1 Å². The maximum Gasteiger partial charge on any atom is 0.0965 e. The quantitative estimate of drug-likeness (QED) is 0.162. The summed E-state index contributed by atoms with van der Waals surface area (Å²) in [5, 5.41) is 16.9. The van der Waals surface area contributed by atoms with Crippen LogP contribution in [0.15, 0.2) is 237 Å². The fourth-order valence-corrected chi connectivity index (χ4v) is 11.4. The average molecular weight is 915 g/mol. The van der Waals surface area contributed by atoms with Crippen LogP contribution in [0.2, 0.25) is 0 Å². The van der Waals surface area contributed by atoms with Gasteiger partial charge in [-0.1, -0.05) is 158 Å². The Morgan fingerprint density at radius 3 is 1.47 bits per heavy atom. The van der Waals surface area contributed by atoms with Crippen molar-refractivity contribution in [2.75, 3.05) is 0 Å². The van der Waals surface area contributed by atoms with Crippen molar-refractivity contribution in [3.05, 3.63) is 237 Å². The van der Waals surface area contributed by atoms with Crippen molar-refractivity contribution in [1.29, 1.82) is 0 Å². The number of hydrogen-bond acceptors (Lipinski definition) is 3. The van der Waals surface area contributed by atoms with Gasteiger partial charge in [-0.05, 0) is 170 Å². The number of hydrogen-bond donors (Lipinski definition) is 0. The van der Waals surface area contributed by atoms with Crippen LogP contribution in [0.5, 0.6) is 0 Å². The van der Waals surface area contributed by atoms with Gasteiger partial charge in [-0.2, -0.15) is 0 Å². The highest BCUT2D eigenvalue weighted by Crippen LogP contribution is 2.42. The summed E-state index contributed by atoms with van der Waals surface area (Å²) in [5.74, 6) is 0. The first-order valence-electron chi connectivity index (χ1n) is 24.6. The summed E-state index contributed by atoms with van der Waals surface area (Å²) in [4.78, 5) is 14.7. The molecule has 3 heterocycles. The van der Waals surface area contributed by atoms with Crippen LogP contribution in [0.25, 0.3) is 153 Å². The van der Waals surface area contributed by atoms with E-state index >= 15 is 0 Å². The van der Waals surface area contributed by atoms with Crippen molar-refractivity contribution in [2.45, 2.75) is 0 Å². The van der Waals surface area contributed by atoms with Gasteiger partial charge in [0.2, 0.25) is 0 Å². The van der Waals surface area contributed by atoms with E-state index in [2.05, 4.69) is 228 Å². The molecule has 334 valence electrons. The van der Waals surface area contributed by atoms with Crippen molar-refractivity contribution in [2.24, 2.45) is 7.05 Å². The molecule has 0 fully saturated rings. The average Bonchev–Trinajstić information content (AvgIpc) is 3.82. The molecule has 15 rings (SSSR count). The fourth-order valence-electron chi connectivity index (χ4n) is 11.4. The molecule has 4 nitrogen and oxygen atoms in total. The molecule has 0 saturated carbocycles. The molecule has 0 radical (unpaired) electrons. The molecule has 0 amide bonds. The van der Waals surface area contributed by atoms with E-state index < -0.39 is 0 Å². The molecule has 0 aliphatic heterocycles. The zero-order valence-electron chi connectivity index (χ0n) is 39.3. The van der Waals surface area contributed by atoms with Crippen LogP contribution in [0.4, 0.5) is 0 Å². The number of aromatic nitrogens is 4. The van der Waals surface area contributed by atoms with E-state index in [1.54, 1.807) is 0 Å². The molecule has 0 N–H and O–H groups in total. The smallest absolute Gasteiger partial charge is 0.0965 e. The predicted molar refractivity (Wildman–Crippen MR) is 304 cm³/mol. The second-order valence-corrected chi connectivity index (χ2v) is 19.4. The monoisotopic (exact) mass is 914 g/mol. The molecule has 4 heteroatoms. The van der Waals surface area contributed by atoms with Crippen molar-refractivity contribution in [1.82, 2.24) is 19.5 Å². The number of fused-ring (bicyclic) bond motifs is 12. The number of pyridine rings is 2. The van der Waals surface area contributed by atoms with Gasteiger partial charge in [0.1, 0.15) is 0 Å². The zero-order valence-corrected chi connectivity index (χ0v) is 39.3. The first-order chi connectivity index (χ1) is 35.5. The van der Waals surface area contributed by atoms with Crippen LogP contribution in [0, 0.1) is 0 Å². The third-order valence-corrected chi connectivity index (χ3v) is 15.2. The summed E-state index contributed by atoms with van der Waals surface area (Å²) >= 11 is 0. The maximum absolute atomic E-state index is 5.13. The van der Waals surface area contributed by atoms with Crippen molar-refractivity contribution >= 4 is 97.5 Å². The van der Waals surface area contributed by atoms with Gasteiger partial charge in [0, 0.05) is 41.3 Å². The standard InChI is InChI=1S/C68H42N4/c1-72-40-71-65-28-23-49(37-66(65)72)45-19-24-58-50(30-45)15-16-51-31-46(20-25-59(51)58)55-33-52-17-18-53-34-56(39-70-68(53)67(52)69-38-55)47-21-26-60-54(32-47)36-64(61-12-6-10-42-8-4-5-11-57(42)61)62-27-22-48(35-63(60)62)44-14-13-41-7-2-3-9-43(41)29-44/h2-40H,1H3. The van der Waals surface area contributed by atoms with E-state index in [1.165, 1.54) is 98.0 Å². The topological polar surface area (TPSA) is 43.6 Å². The largest absolute Gasteiger partial charge is 0.334 e. The highest BCUT2D eigenvalue weighted by molar-refractivity contribution is 6.18. The first kappa shape index (κ1) is 40.4. The minimum Gasteiger partial charge on any atom is -0.334 e. The Morgan fingerprint density at radius 2 is 0.764 bits per heavy atom. The van der Waals surface area contributed by atoms with Gasteiger partial charge in [0.05, 0.1) is 28.4 Å². The lowest BCUT2D eigenvalue weighted by atomic mass is 9.88. The minimum atomic E-state index is 0.902. The lowest BCUT2D eigenvalue weighted by Gasteiger charge is -2.16. The second kappa shape index (κ2) is 15.8. The number of rotatable bonds is 5. The number of imidazole rings is 1. The highest BCUT2D eigenvalue weighted by atomic mass is 15.0. The Morgan fingerprint density at radius 1 is 0.278 bits per heavy atom. The molecule has 0 saturated heterocycles. The van der Waals surface area contributed by atoms with E-state index in [1.807, 2.05) is 25.8 Å². The van der Waals surface area contributed by atoms with E-state index in [0.29, 0.717) is 0 Å². The molecule has 72 heavy (non-hydrogen) atoms. The Hall–Kier alpha value is -9.51. The summed E-state index contributed by atoms with van der Waals surface area (Å²) in [5.41, 5.74) is 15.6. The number of benzene rings is 12. The molecule has 0 bridgehead atoms. The van der Waals surface area contributed by atoms with Gasteiger partial charge in [0.15, 0.2) is 0 Å². The normalized spacial score (nSPS) is 12.0. The van der Waals surface area contributed by atoms with Gasteiger partial charge in [-0.3, -0.25) is 9.97 Å². The maximum atomic E-state index is 5.13. The van der Waals surface area contributed by atoms with Crippen LogP contribution in [-0.2, 0) is 7.05 Å². The number of aryl methyl sites for hydroxylation is 1. The van der Waals surface area contributed by atoms with Crippen LogP contribution in [0.1, 0.15) is 0 Å². The Bertz CT molecular complexity index is 4770. The molecular formula is C68H42N4. The van der Waals surface area contributed by atoms with Crippen molar-refractivity contribution in [3.8, 4) is 55.6 Å². The van der Waals surface area contributed by atoms with Crippen LogP contribution < -0.4 is 0 Å². The SMILES string of the molecule is Cn1cnc2ccc(-c3ccc4c(ccc5cc(-c6cnc7c(ccc8cc(-c9ccc%10c(c9)cc(-c9cccc%11ccccc9%11)c9ccc(-c%11ccc%12ccccc%12c%11)cc9%10)cnc87)c6)ccc54)c3)cc21. The summed E-state index contributed by atoms with van der Waals surface area (Å²) in [6.07, 6.45) is 5.88. The summed E-state index contributed by atoms with van der Waals surface area (Å²) in [6.45, 7) is 0. The molecule has 0 atom stereocenters. The highest BCUT2D eigenvalue weighted by Gasteiger charge is 2.16. The third kappa shape index (κ3) is 6.50. The molecule has 0 aliphatic rings. The molecule has 0 unspecified atom stereocenters.